The highest BCUT2D eigenvalue weighted by molar-refractivity contribution is 7.26. The minimum atomic E-state index is 0.281. The molecule has 158 valence electrons. The lowest BCUT2D eigenvalue weighted by Gasteiger charge is -2.25. The summed E-state index contributed by atoms with van der Waals surface area (Å²) in [6.07, 6.45) is 4.67. The van der Waals surface area contributed by atoms with E-state index in [-0.39, 0.29) is 5.92 Å². The third kappa shape index (κ3) is 2.93. The maximum absolute atomic E-state index is 5.29. The average molecular weight is 460 g/mol. The monoisotopic (exact) mass is 459 g/mol. The predicted molar refractivity (Wildman–Crippen MR) is 144 cm³/mol. The van der Waals surface area contributed by atoms with Crippen LogP contribution in [0.5, 0.6) is 0 Å². The van der Waals surface area contributed by atoms with Crippen LogP contribution in [0.2, 0.25) is 0 Å². The fourth-order valence-corrected chi connectivity index (χ4v) is 7.86. The lowest BCUT2D eigenvalue weighted by Crippen LogP contribution is -2.14. The molecule has 2 unspecified atom stereocenters. The molecule has 0 saturated carbocycles. The van der Waals surface area contributed by atoms with Crippen molar-refractivity contribution in [1.29, 1.82) is 0 Å². The van der Waals surface area contributed by atoms with Gasteiger partial charge in [-0.2, -0.15) is 0 Å². The Morgan fingerprint density at radius 3 is 2.30 bits per heavy atom. The van der Waals surface area contributed by atoms with E-state index in [0.717, 1.165) is 11.4 Å². The molecule has 0 fully saturated rings. The molecule has 1 aliphatic rings. The number of nitrogens with zero attached hydrogens (tertiary/aromatic N) is 1. The Labute approximate surface area is 200 Å². The van der Waals surface area contributed by atoms with E-state index in [1.165, 1.54) is 46.3 Å². The van der Waals surface area contributed by atoms with Gasteiger partial charge in [0, 0.05) is 46.9 Å². The zero-order chi connectivity index (χ0) is 21.9. The molecular formula is C30H21NS2. The van der Waals surface area contributed by atoms with Gasteiger partial charge in [-0.05, 0) is 41.1 Å². The molecule has 1 nitrogen and oxygen atoms in total. The van der Waals surface area contributed by atoms with Crippen molar-refractivity contribution in [2.75, 3.05) is 0 Å². The topological polar surface area (TPSA) is 12.9 Å². The summed E-state index contributed by atoms with van der Waals surface area (Å²) in [5.74, 6) is 0.692. The van der Waals surface area contributed by atoms with E-state index >= 15 is 0 Å². The van der Waals surface area contributed by atoms with Crippen LogP contribution in [0.15, 0.2) is 91.0 Å². The Kier molecular flexibility index (Phi) is 4.30. The van der Waals surface area contributed by atoms with E-state index in [1.54, 1.807) is 0 Å². The zero-order valence-corrected chi connectivity index (χ0v) is 19.8. The summed E-state index contributed by atoms with van der Waals surface area (Å²) in [5.41, 5.74) is 4.83. The van der Waals surface area contributed by atoms with Crippen LogP contribution in [-0.4, -0.2) is 4.98 Å². The summed E-state index contributed by atoms with van der Waals surface area (Å²) in [5, 5.41) is 4.01. The maximum Gasteiger partial charge on any atom is 0.0719 e. The third-order valence-electron chi connectivity index (χ3n) is 6.81. The number of benzene rings is 3. The second-order valence-electron chi connectivity index (χ2n) is 8.80. The molecular weight excluding hydrogens is 438 g/mol. The molecule has 7 rings (SSSR count). The number of fused-ring (bicyclic) bond motifs is 6. The highest BCUT2D eigenvalue weighted by Gasteiger charge is 2.29. The van der Waals surface area contributed by atoms with Crippen molar-refractivity contribution >= 4 is 59.0 Å². The summed E-state index contributed by atoms with van der Waals surface area (Å²) in [6.45, 7) is 2.32. The number of hydrogen-bond acceptors (Lipinski definition) is 3. The van der Waals surface area contributed by atoms with Gasteiger partial charge in [0.05, 0.1) is 5.69 Å². The summed E-state index contributed by atoms with van der Waals surface area (Å²) in [4.78, 5) is 6.73. The van der Waals surface area contributed by atoms with Gasteiger partial charge in [0.25, 0.3) is 0 Å². The molecule has 3 aromatic carbocycles. The SMILES string of the molecule is CC1C=Cc2c(sc3ccccc23)C1c1cccc(-c2cccc3c2sc2ccccc23)n1. The van der Waals surface area contributed by atoms with Crippen molar-refractivity contribution in [1.82, 2.24) is 4.98 Å². The van der Waals surface area contributed by atoms with Gasteiger partial charge in [0.15, 0.2) is 0 Å². The Hall–Kier alpha value is -3.27. The molecule has 3 heteroatoms. The average Bonchev–Trinajstić information content (AvgIpc) is 3.42. The number of allylic oxidation sites excluding steroid dienone is 1. The van der Waals surface area contributed by atoms with Crippen molar-refractivity contribution in [3.63, 3.8) is 0 Å². The van der Waals surface area contributed by atoms with Crippen molar-refractivity contribution in [2.45, 2.75) is 12.8 Å². The molecule has 0 spiro atoms. The summed E-state index contributed by atoms with van der Waals surface area (Å²) < 4.78 is 4.01. The second-order valence-corrected chi connectivity index (χ2v) is 10.9. The fourth-order valence-electron chi connectivity index (χ4n) is 5.21. The van der Waals surface area contributed by atoms with E-state index in [4.69, 9.17) is 4.98 Å². The van der Waals surface area contributed by atoms with Crippen LogP contribution in [0.25, 0.3) is 47.6 Å². The standard InChI is InChI=1S/C30H21NS2/c1-18-16-17-22-20-9-3-5-15-27(20)33-30(22)28(18)25-13-7-12-24(31-25)23-11-6-10-21-19-8-2-4-14-26(19)32-29(21)23/h2-18,28H,1H3. The predicted octanol–water partition coefficient (Wildman–Crippen LogP) is 9.13. The van der Waals surface area contributed by atoms with Gasteiger partial charge in [0.2, 0.25) is 0 Å². The van der Waals surface area contributed by atoms with Crippen LogP contribution in [0.4, 0.5) is 0 Å². The number of aromatic nitrogens is 1. The van der Waals surface area contributed by atoms with Gasteiger partial charge in [-0.1, -0.05) is 79.7 Å². The Balaban J connectivity index is 1.41. The number of thiophene rings is 2. The number of hydrogen-bond donors (Lipinski definition) is 0. The van der Waals surface area contributed by atoms with E-state index < -0.39 is 0 Å². The first-order valence-electron chi connectivity index (χ1n) is 11.3. The van der Waals surface area contributed by atoms with E-state index in [9.17, 15) is 0 Å². The highest BCUT2D eigenvalue weighted by atomic mass is 32.1. The fraction of sp³-hybridized carbons (Fsp3) is 0.100. The zero-order valence-electron chi connectivity index (χ0n) is 18.2. The van der Waals surface area contributed by atoms with Crippen LogP contribution in [0.1, 0.15) is 29.0 Å². The third-order valence-corrected chi connectivity index (χ3v) is 9.30. The lowest BCUT2D eigenvalue weighted by molar-refractivity contribution is 0.614. The van der Waals surface area contributed by atoms with Gasteiger partial charge in [-0.25, -0.2) is 0 Å². The Bertz CT molecular complexity index is 1700. The summed E-state index contributed by atoms with van der Waals surface area (Å²) in [6, 6.07) is 30.6. The van der Waals surface area contributed by atoms with Crippen molar-refractivity contribution in [3.8, 4) is 11.3 Å². The molecule has 0 radical (unpaired) electrons. The van der Waals surface area contributed by atoms with E-state index in [2.05, 4.69) is 104 Å². The van der Waals surface area contributed by atoms with Crippen molar-refractivity contribution < 1.29 is 0 Å². The van der Waals surface area contributed by atoms with Crippen molar-refractivity contribution in [3.05, 3.63) is 107 Å². The molecule has 2 atom stereocenters. The minimum Gasteiger partial charge on any atom is -0.252 e. The number of pyridine rings is 1. The Morgan fingerprint density at radius 2 is 1.42 bits per heavy atom. The molecule has 0 bridgehead atoms. The van der Waals surface area contributed by atoms with Gasteiger partial charge >= 0.3 is 0 Å². The van der Waals surface area contributed by atoms with Crippen LogP contribution < -0.4 is 0 Å². The Morgan fingerprint density at radius 1 is 0.697 bits per heavy atom. The van der Waals surface area contributed by atoms with Crippen LogP contribution >= 0.6 is 22.7 Å². The molecule has 33 heavy (non-hydrogen) atoms. The summed E-state index contributed by atoms with van der Waals surface area (Å²) >= 11 is 3.79. The highest BCUT2D eigenvalue weighted by Crippen LogP contribution is 2.46. The molecule has 1 aliphatic carbocycles. The van der Waals surface area contributed by atoms with E-state index in [0.29, 0.717) is 5.92 Å². The van der Waals surface area contributed by atoms with Gasteiger partial charge in [0.1, 0.15) is 0 Å². The van der Waals surface area contributed by atoms with Crippen LogP contribution in [0, 0.1) is 5.92 Å². The summed E-state index contributed by atoms with van der Waals surface area (Å²) in [7, 11) is 0. The van der Waals surface area contributed by atoms with Crippen LogP contribution in [-0.2, 0) is 0 Å². The number of rotatable bonds is 2. The largest absolute Gasteiger partial charge is 0.252 e. The first-order chi connectivity index (χ1) is 16.3. The van der Waals surface area contributed by atoms with Crippen LogP contribution in [0.3, 0.4) is 0 Å². The molecule has 0 aliphatic heterocycles. The first kappa shape index (κ1) is 19.2. The smallest absolute Gasteiger partial charge is 0.0719 e. The molecule has 3 heterocycles. The lowest BCUT2D eigenvalue weighted by atomic mass is 9.82. The first-order valence-corrected chi connectivity index (χ1v) is 13.0. The molecule has 0 saturated heterocycles. The quantitative estimate of drug-likeness (QED) is 0.251. The minimum absolute atomic E-state index is 0.281. The van der Waals surface area contributed by atoms with Gasteiger partial charge < -0.3 is 0 Å². The maximum atomic E-state index is 5.29. The normalized spacial score (nSPS) is 17.7. The van der Waals surface area contributed by atoms with Gasteiger partial charge in [-0.15, -0.1) is 22.7 Å². The van der Waals surface area contributed by atoms with Gasteiger partial charge in [-0.3, -0.25) is 4.98 Å². The molecule has 0 N–H and O–H groups in total. The molecule has 0 amide bonds. The molecule has 3 aromatic heterocycles. The molecule has 6 aromatic rings. The second kappa shape index (κ2) is 7.38. The van der Waals surface area contributed by atoms with Crippen molar-refractivity contribution in [2.24, 2.45) is 5.92 Å². The van der Waals surface area contributed by atoms with E-state index in [1.807, 2.05) is 22.7 Å².